The van der Waals surface area contributed by atoms with Crippen molar-refractivity contribution in [2.45, 2.75) is 12.8 Å². The van der Waals surface area contributed by atoms with E-state index in [9.17, 15) is 19.2 Å². The molecule has 3 N–H and O–H groups in total. The Balaban J connectivity index is 1.63. The number of halogens is 3. The van der Waals surface area contributed by atoms with Crippen LogP contribution >= 0.6 is 23.4 Å². The lowest BCUT2D eigenvalue weighted by Crippen LogP contribution is -2.31. The molecule has 10 heteroatoms. The van der Waals surface area contributed by atoms with Crippen molar-refractivity contribution in [2.75, 3.05) is 16.4 Å². The first-order valence-electron chi connectivity index (χ1n) is 11.4. The van der Waals surface area contributed by atoms with Crippen LogP contribution in [0.15, 0.2) is 94.7 Å². The van der Waals surface area contributed by atoms with Gasteiger partial charge in [0.15, 0.2) is 0 Å². The average molecular weight is 551 g/mol. The van der Waals surface area contributed by atoms with Crippen molar-refractivity contribution >= 4 is 46.6 Å². The number of hydrogen-bond donors (Lipinski definition) is 3. The van der Waals surface area contributed by atoms with E-state index in [4.69, 9.17) is 11.6 Å². The standard InChI is InChI=1S/C28H21ClF2N4O2S/c1-16-25(27(37)35-20-10-6-17(29)7-11-20)26(21-4-2-3-5-23(21)31)22(14-32)28(33-16)38-15-24(36)34-19-12-8-18(30)9-13-19/h2-13,26,33H,15H2,1H3,(H,34,36)(H,35,37). The fourth-order valence-corrected chi connectivity index (χ4v) is 4.97. The minimum atomic E-state index is -1.02. The summed E-state index contributed by atoms with van der Waals surface area (Å²) in [5.74, 6) is -3.01. The Morgan fingerprint density at radius 1 is 1.00 bits per heavy atom. The Morgan fingerprint density at radius 2 is 1.63 bits per heavy atom. The Labute approximate surface area is 227 Å². The van der Waals surface area contributed by atoms with Gasteiger partial charge in [-0.1, -0.05) is 41.6 Å². The SMILES string of the molecule is CC1=C(C(=O)Nc2ccc(Cl)cc2)C(c2ccccc2F)C(C#N)=C(SCC(=O)Nc2ccc(F)cc2)N1. The lowest BCUT2D eigenvalue weighted by Gasteiger charge is -2.30. The van der Waals surface area contributed by atoms with Crippen LogP contribution in [0.25, 0.3) is 0 Å². The second-order valence-electron chi connectivity index (χ2n) is 8.28. The number of nitrogens with zero attached hydrogens (tertiary/aromatic N) is 1. The molecule has 0 saturated carbocycles. The quantitative estimate of drug-likeness (QED) is 0.320. The zero-order valence-corrected chi connectivity index (χ0v) is 21.6. The lowest BCUT2D eigenvalue weighted by molar-refractivity contribution is -0.114. The van der Waals surface area contributed by atoms with Crippen molar-refractivity contribution in [1.29, 1.82) is 5.26 Å². The molecule has 1 aliphatic heterocycles. The van der Waals surface area contributed by atoms with Gasteiger partial charge in [-0.2, -0.15) is 5.26 Å². The number of allylic oxidation sites excluding steroid dienone is 2. The van der Waals surface area contributed by atoms with E-state index >= 15 is 4.39 Å². The predicted octanol–water partition coefficient (Wildman–Crippen LogP) is 6.32. The summed E-state index contributed by atoms with van der Waals surface area (Å²) in [7, 11) is 0. The number of carbonyl (C=O) groups excluding carboxylic acids is 2. The summed E-state index contributed by atoms with van der Waals surface area (Å²) < 4.78 is 28.2. The minimum absolute atomic E-state index is 0.0888. The number of benzene rings is 3. The zero-order chi connectivity index (χ0) is 27.2. The first-order chi connectivity index (χ1) is 18.3. The molecule has 0 radical (unpaired) electrons. The summed E-state index contributed by atoms with van der Waals surface area (Å²) in [6.07, 6.45) is 0. The van der Waals surface area contributed by atoms with Crippen molar-refractivity contribution in [2.24, 2.45) is 0 Å². The zero-order valence-electron chi connectivity index (χ0n) is 20.0. The molecule has 4 rings (SSSR count). The summed E-state index contributed by atoms with van der Waals surface area (Å²) in [5, 5.41) is 19.5. The fourth-order valence-electron chi connectivity index (χ4n) is 3.95. The van der Waals surface area contributed by atoms with Crippen molar-refractivity contribution in [1.82, 2.24) is 5.32 Å². The normalized spacial score (nSPS) is 15.0. The fraction of sp³-hybridized carbons (Fsp3) is 0.107. The van der Waals surface area contributed by atoms with Gasteiger partial charge in [0.1, 0.15) is 11.6 Å². The van der Waals surface area contributed by atoms with Crippen molar-refractivity contribution in [3.05, 3.63) is 117 Å². The monoisotopic (exact) mass is 550 g/mol. The third-order valence-electron chi connectivity index (χ3n) is 5.69. The number of carbonyl (C=O) groups is 2. The van der Waals surface area contributed by atoms with E-state index < -0.39 is 23.5 Å². The van der Waals surface area contributed by atoms with Gasteiger partial charge in [-0.05, 0) is 61.5 Å². The molecule has 1 aliphatic rings. The summed E-state index contributed by atoms with van der Waals surface area (Å²) in [4.78, 5) is 25.9. The first kappa shape index (κ1) is 26.9. The first-order valence-corrected chi connectivity index (χ1v) is 12.7. The Kier molecular flexibility index (Phi) is 8.46. The maximum atomic E-state index is 15.0. The van der Waals surface area contributed by atoms with E-state index in [1.165, 1.54) is 42.5 Å². The van der Waals surface area contributed by atoms with Crippen LogP contribution in [0.1, 0.15) is 18.4 Å². The van der Waals surface area contributed by atoms with Crippen LogP contribution in [0.2, 0.25) is 5.02 Å². The number of rotatable bonds is 7. The van der Waals surface area contributed by atoms with Crippen LogP contribution in [0.4, 0.5) is 20.2 Å². The topological polar surface area (TPSA) is 94.0 Å². The summed E-state index contributed by atoms with van der Waals surface area (Å²) in [5.41, 5.74) is 1.73. The minimum Gasteiger partial charge on any atom is -0.353 e. The molecule has 0 aliphatic carbocycles. The second kappa shape index (κ2) is 11.9. The molecule has 1 unspecified atom stereocenters. The van der Waals surface area contributed by atoms with E-state index in [1.807, 2.05) is 0 Å². The molecular weight excluding hydrogens is 530 g/mol. The molecule has 0 fully saturated rings. The Hall–Kier alpha value is -4.13. The van der Waals surface area contributed by atoms with Crippen LogP contribution in [0.3, 0.4) is 0 Å². The van der Waals surface area contributed by atoms with Crippen molar-refractivity contribution < 1.29 is 18.4 Å². The molecule has 0 spiro atoms. The number of hydrogen-bond acceptors (Lipinski definition) is 5. The van der Waals surface area contributed by atoms with Gasteiger partial charge < -0.3 is 16.0 Å². The van der Waals surface area contributed by atoms with Gasteiger partial charge in [-0.3, -0.25) is 9.59 Å². The third-order valence-corrected chi connectivity index (χ3v) is 6.96. The van der Waals surface area contributed by atoms with Gasteiger partial charge >= 0.3 is 0 Å². The van der Waals surface area contributed by atoms with Gasteiger partial charge in [-0.25, -0.2) is 8.78 Å². The molecule has 0 saturated heterocycles. The lowest BCUT2D eigenvalue weighted by atomic mass is 9.82. The molecule has 38 heavy (non-hydrogen) atoms. The van der Waals surface area contributed by atoms with Crippen LogP contribution in [0.5, 0.6) is 0 Å². The number of nitrogens with one attached hydrogen (secondary N) is 3. The van der Waals surface area contributed by atoms with Gasteiger partial charge in [0.05, 0.1) is 28.3 Å². The van der Waals surface area contributed by atoms with Crippen LogP contribution < -0.4 is 16.0 Å². The maximum Gasteiger partial charge on any atom is 0.254 e. The van der Waals surface area contributed by atoms with Crippen LogP contribution in [0, 0.1) is 23.0 Å². The second-order valence-corrected chi connectivity index (χ2v) is 9.70. The molecule has 3 aromatic rings. The molecular formula is C28H21ClF2N4O2S. The molecule has 6 nitrogen and oxygen atoms in total. The third kappa shape index (κ3) is 6.22. The number of anilines is 2. The van der Waals surface area contributed by atoms with Gasteiger partial charge in [0, 0.05) is 33.2 Å². The van der Waals surface area contributed by atoms with Gasteiger partial charge in [0.2, 0.25) is 5.91 Å². The summed E-state index contributed by atoms with van der Waals surface area (Å²) >= 11 is 6.98. The molecule has 0 aromatic heterocycles. The average Bonchev–Trinajstić information content (AvgIpc) is 2.90. The van der Waals surface area contributed by atoms with Gasteiger partial charge in [0.25, 0.3) is 5.91 Å². The van der Waals surface area contributed by atoms with Crippen LogP contribution in [-0.2, 0) is 9.59 Å². The maximum absolute atomic E-state index is 15.0. The molecule has 3 aromatic carbocycles. The molecule has 0 bridgehead atoms. The summed E-state index contributed by atoms with van der Waals surface area (Å²) in [6, 6.07) is 19.9. The smallest absolute Gasteiger partial charge is 0.254 e. The highest BCUT2D eigenvalue weighted by molar-refractivity contribution is 8.03. The van der Waals surface area contributed by atoms with E-state index in [1.54, 1.807) is 37.3 Å². The number of thioether (sulfide) groups is 1. The highest BCUT2D eigenvalue weighted by atomic mass is 35.5. The molecule has 192 valence electrons. The number of dihydropyridines is 1. The number of amides is 2. The van der Waals surface area contributed by atoms with E-state index in [0.29, 0.717) is 27.1 Å². The largest absolute Gasteiger partial charge is 0.353 e. The van der Waals surface area contributed by atoms with E-state index in [-0.39, 0.29) is 28.4 Å². The molecule has 2 amide bonds. The van der Waals surface area contributed by atoms with Crippen molar-refractivity contribution in [3.63, 3.8) is 0 Å². The van der Waals surface area contributed by atoms with E-state index in [0.717, 1.165) is 11.8 Å². The molecule has 1 heterocycles. The molecule has 1 atom stereocenters. The van der Waals surface area contributed by atoms with Crippen LogP contribution in [-0.4, -0.2) is 17.6 Å². The Bertz CT molecular complexity index is 1480. The predicted molar refractivity (Wildman–Crippen MR) is 145 cm³/mol. The van der Waals surface area contributed by atoms with Crippen molar-refractivity contribution in [3.8, 4) is 6.07 Å². The Morgan fingerprint density at radius 3 is 2.29 bits per heavy atom. The highest BCUT2D eigenvalue weighted by Gasteiger charge is 2.36. The highest BCUT2D eigenvalue weighted by Crippen LogP contribution is 2.41. The van der Waals surface area contributed by atoms with Gasteiger partial charge in [-0.15, -0.1) is 0 Å². The number of nitriles is 1. The van der Waals surface area contributed by atoms with E-state index in [2.05, 4.69) is 22.0 Å². The summed E-state index contributed by atoms with van der Waals surface area (Å²) in [6.45, 7) is 1.65.